The van der Waals surface area contributed by atoms with Crippen molar-refractivity contribution in [1.29, 1.82) is 0 Å². The first-order chi connectivity index (χ1) is 7.24. The molecular weight excluding hydrogens is 198 g/mol. The minimum Gasteiger partial charge on any atom is -0.395 e. The van der Waals surface area contributed by atoms with Crippen LogP contribution in [0, 0.1) is 0 Å². The van der Waals surface area contributed by atoms with Crippen molar-refractivity contribution in [3.63, 3.8) is 0 Å². The third kappa shape index (κ3) is 8.31. The summed E-state index contributed by atoms with van der Waals surface area (Å²) in [5, 5.41) is 8.81. The van der Waals surface area contributed by atoms with Gasteiger partial charge in [0.2, 0.25) is 0 Å². The fourth-order valence-electron chi connectivity index (χ4n) is 1.22. The van der Waals surface area contributed by atoms with E-state index in [1.54, 1.807) is 0 Å². The number of nitrogens with two attached hydrogens (primary N) is 1. The minimum atomic E-state index is -0.392. The van der Waals surface area contributed by atoms with Crippen molar-refractivity contribution < 1.29 is 14.7 Å². The number of hydrogen-bond donors (Lipinski definition) is 3. The Morgan fingerprint density at radius 1 is 1.47 bits per heavy atom. The first-order valence-electron chi connectivity index (χ1n) is 5.23. The molecule has 6 nitrogen and oxygen atoms in total. The van der Waals surface area contributed by atoms with E-state index < -0.39 is 5.97 Å². The molecule has 0 aliphatic carbocycles. The molecule has 0 fully saturated rings. The van der Waals surface area contributed by atoms with Crippen molar-refractivity contribution in [1.82, 2.24) is 10.5 Å². The molecule has 0 spiro atoms. The van der Waals surface area contributed by atoms with Crippen LogP contribution in [0.2, 0.25) is 0 Å². The van der Waals surface area contributed by atoms with E-state index in [4.69, 9.17) is 10.9 Å². The number of nitrogens with one attached hydrogen (secondary N) is 1. The van der Waals surface area contributed by atoms with Crippen molar-refractivity contribution >= 4 is 5.97 Å². The van der Waals surface area contributed by atoms with E-state index in [1.165, 1.54) is 0 Å². The predicted molar refractivity (Wildman–Crippen MR) is 56.5 cm³/mol. The number of carbonyl (C=O) groups excluding carboxylic acids is 1. The number of unbranched alkanes of at least 4 members (excludes halogenated alkanes) is 1. The highest BCUT2D eigenvalue weighted by molar-refractivity contribution is 5.69. The molecule has 0 aromatic rings. The summed E-state index contributed by atoms with van der Waals surface area (Å²) in [5.41, 5.74) is 1.85. The number of hydrazine groups is 1. The topological polar surface area (TPSA) is 87.8 Å². The quantitative estimate of drug-likeness (QED) is 0.354. The van der Waals surface area contributed by atoms with Gasteiger partial charge in [0.25, 0.3) is 0 Å². The van der Waals surface area contributed by atoms with Crippen molar-refractivity contribution in [3.05, 3.63) is 0 Å². The van der Waals surface area contributed by atoms with Crippen molar-refractivity contribution in [2.24, 2.45) is 5.84 Å². The van der Waals surface area contributed by atoms with Crippen LogP contribution in [-0.2, 0) is 9.63 Å². The number of rotatable bonds is 9. The van der Waals surface area contributed by atoms with E-state index in [2.05, 4.69) is 11.8 Å². The predicted octanol–water partition coefficient (Wildman–Crippen LogP) is -0.608. The number of aliphatic hydroxyl groups excluding tert-OH is 1. The molecule has 0 radical (unpaired) electrons. The van der Waals surface area contributed by atoms with E-state index >= 15 is 0 Å². The second-order valence-electron chi connectivity index (χ2n) is 3.26. The number of carbonyl (C=O) groups is 1. The minimum absolute atomic E-state index is 0.105. The molecule has 15 heavy (non-hydrogen) atoms. The van der Waals surface area contributed by atoms with Crippen LogP contribution in [0.4, 0.5) is 0 Å². The molecule has 0 rings (SSSR count). The lowest BCUT2D eigenvalue weighted by Crippen LogP contribution is -2.32. The first-order valence-corrected chi connectivity index (χ1v) is 5.23. The SMILES string of the molecule is CCCCN(CCO)CCC(=O)ONN. The Balaban J connectivity index is 3.68. The van der Waals surface area contributed by atoms with Gasteiger partial charge in [-0.2, -0.15) is 0 Å². The van der Waals surface area contributed by atoms with Crippen molar-refractivity contribution in [2.75, 3.05) is 26.2 Å². The highest BCUT2D eigenvalue weighted by Gasteiger charge is 2.08. The summed E-state index contributed by atoms with van der Waals surface area (Å²) in [6.07, 6.45) is 2.43. The van der Waals surface area contributed by atoms with Gasteiger partial charge in [-0.05, 0) is 13.0 Å². The van der Waals surface area contributed by atoms with Gasteiger partial charge in [-0.1, -0.05) is 18.9 Å². The Hall–Kier alpha value is -0.690. The van der Waals surface area contributed by atoms with E-state index in [9.17, 15) is 4.79 Å². The van der Waals surface area contributed by atoms with Crippen LogP contribution in [0.1, 0.15) is 26.2 Å². The highest BCUT2D eigenvalue weighted by atomic mass is 16.7. The van der Waals surface area contributed by atoms with Gasteiger partial charge in [-0.25, -0.2) is 5.84 Å². The Labute approximate surface area is 90.3 Å². The third-order valence-corrected chi connectivity index (χ3v) is 2.05. The summed E-state index contributed by atoms with van der Waals surface area (Å²) in [5.74, 6) is 4.44. The molecule has 0 saturated heterocycles. The smallest absolute Gasteiger partial charge is 0.327 e. The van der Waals surface area contributed by atoms with Gasteiger partial charge in [0, 0.05) is 13.1 Å². The maximum absolute atomic E-state index is 11.0. The van der Waals surface area contributed by atoms with Crippen LogP contribution in [-0.4, -0.2) is 42.2 Å². The lowest BCUT2D eigenvalue weighted by atomic mass is 10.3. The summed E-state index contributed by atoms with van der Waals surface area (Å²) in [6.45, 7) is 4.27. The molecule has 0 aliphatic rings. The molecule has 0 aromatic carbocycles. The second-order valence-corrected chi connectivity index (χ2v) is 3.26. The van der Waals surface area contributed by atoms with Crippen LogP contribution in [0.5, 0.6) is 0 Å². The lowest BCUT2D eigenvalue weighted by molar-refractivity contribution is -0.151. The Kier molecular flexibility index (Phi) is 9.40. The van der Waals surface area contributed by atoms with Crippen LogP contribution >= 0.6 is 0 Å². The van der Waals surface area contributed by atoms with Gasteiger partial charge in [-0.15, -0.1) is 0 Å². The largest absolute Gasteiger partial charge is 0.395 e. The van der Waals surface area contributed by atoms with Gasteiger partial charge >= 0.3 is 5.97 Å². The standard InChI is InChI=1S/C9H21N3O3/c1-2-3-5-12(7-8-13)6-4-9(14)15-11-10/h11,13H,2-8,10H2,1H3. The van der Waals surface area contributed by atoms with Gasteiger partial charge in [0.1, 0.15) is 0 Å². The third-order valence-electron chi connectivity index (χ3n) is 2.05. The molecule has 0 aromatic heterocycles. The highest BCUT2D eigenvalue weighted by Crippen LogP contribution is 1.97. The lowest BCUT2D eigenvalue weighted by Gasteiger charge is -2.20. The normalized spacial score (nSPS) is 10.7. The summed E-state index contributed by atoms with van der Waals surface area (Å²) < 4.78 is 0. The van der Waals surface area contributed by atoms with Gasteiger partial charge in [0.15, 0.2) is 0 Å². The average Bonchev–Trinajstić information content (AvgIpc) is 2.22. The van der Waals surface area contributed by atoms with E-state index in [1.807, 2.05) is 10.5 Å². The van der Waals surface area contributed by atoms with Crippen LogP contribution < -0.4 is 11.4 Å². The average molecular weight is 219 g/mol. The van der Waals surface area contributed by atoms with Crippen LogP contribution in [0.3, 0.4) is 0 Å². The van der Waals surface area contributed by atoms with E-state index in [-0.39, 0.29) is 13.0 Å². The molecule has 4 N–H and O–H groups in total. The zero-order valence-corrected chi connectivity index (χ0v) is 9.24. The van der Waals surface area contributed by atoms with Crippen LogP contribution in [0.15, 0.2) is 0 Å². The maximum Gasteiger partial charge on any atom is 0.327 e. The fraction of sp³-hybridized carbons (Fsp3) is 0.889. The van der Waals surface area contributed by atoms with Crippen molar-refractivity contribution in [2.45, 2.75) is 26.2 Å². The number of hydrogen-bond acceptors (Lipinski definition) is 6. The zero-order chi connectivity index (χ0) is 11.5. The molecule has 0 amide bonds. The van der Waals surface area contributed by atoms with Crippen molar-refractivity contribution in [3.8, 4) is 0 Å². The molecule has 0 saturated carbocycles. The molecule has 0 bridgehead atoms. The summed E-state index contributed by atoms with van der Waals surface area (Å²) in [4.78, 5) is 17.4. The fourth-order valence-corrected chi connectivity index (χ4v) is 1.22. The molecule has 0 atom stereocenters. The molecule has 0 aliphatic heterocycles. The Morgan fingerprint density at radius 3 is 2.73 bits per heavy atom. The van der Waals surface area contributed by atoms with Gasteiger partial charge in [-0.3, -0.25) is 4.79 Å². The summed E-state index contributed by atoms with van der Waals surface area (Å²) >= 11 is 0. The zero-order valence-electron chi connectivity index (χ0n) is 9.24. The maximum atomic E-state index is 11.0. The molecule has 0 unspecified atom stereocenters. The number of nitrogens with zero attached hydrogens (tertiary/aromatic N) is 1. The molecule has 6 heteroatoms. The van der Waals surface area contributed by atoms with Gasteiger partial charge < -0.3 is 14.8 Å². The summed E-state index contributed by atoms with van der Waals surface area (Å²) in [7, 11) is 0. The first kappa shape index (κ1) is 14.3. The Bertz CT molecular complexity index is 167. The number of aliphatic hydroxyl groups is 1. The molecule has 0 heterocycles. The van der Waals surface area contributed by atoms with E-state index in [0.29, 0.717) is 13.1 Å². The van der Waals surface area contributed by atoms with Gasteiger partial charge in [0.05, 0.1) is 13.0 Å². The van der Waals surface area contributed by atoms with E-state index in [0.717, 1.165) is 19.4 Å². The molecular formula is C9H21N3O3. The molecule has 90 valence electrons. The van der Waals surface area contributed by atoms with Crippen LogP contribution in [0.25, 0.3) is 0 Å². The monoisotopic (exact) mass is 219 g/mol. The Morgan fingerprint density at radius 2 is 2.20 bits per heavy atom. The second kappa shape index (κ2) is 9.85. The summed E-state index contributed by atoms with van der Waals surface area (Å²) in [6, 6.07) is 0.